The third kappa shape index (κ3) is 8.79. The number of hydrogen-bond donors (Lipinski definition) is 2. The van der Waals surface area contributed by atoms with E-state index in [2.05, 4.69) is 51.7 Å². The number of piperidine rings is 1. The Hall–Kier alpha value is -1.63. The van der Waals surface area contributed by atoms with Gasteiger partial charge in [-0.15, -0.1) is 0 Å². The molecule has 1 aromatic rings. The van der Waals surface area contributed by atoms with Gasteiger partial charge in [0.25, 0.3) is 0 Å². The van der Waals surface area contributed by atoms with E-state index in [9.17, 15) is 0 Å². The predicted molar refractivity (Wildman–Crippen MR) is 127 cm³/mol. The van der Waals surface area contributed by atoms with Gasteiger partial charge >= 0.3 is 0 Å². The molecule has 174 valence electrons. The molecule has 2 saturated heterocycles. The van der Waals surface area contributed by atoms with Crippen LogP contribution in [0.3, 0.4) is 0 Å². The number of aliphatic imine (C=N–C) groups is 1. The van der Waals surface area contributed by atoms with Gasteiger partial charge in [0.05, 0.1) is 0 Å². The molecule has 2 fully saturated rings. The first kappa shape index (κ1) is 24.0. The Bertz CT molecular complexity index is 653. The molecule has 3 rings (SSSR count). The van der Waals surface area contributed by atoms with Gasteiger partial charge in [-0.1, -0.05) is 31.2 Å². The summed E-state index contributed by atoms with van der Waals surface area (Å²) in [5.74, 6) is 2.39. The maximum Gasteiger partial charge on any atom is 0.191 e. The van der Waals surface area contributed by atoms with Gasteiger partial charge in [-0.2, -0.15) is 0 Å². The molecule has 0 aromatic heterocycles. The number of likely N-dealkylation sites (tertiary alicyclic amines) is 1. The molecule has 2 aliphatic rings. The average Bonchev–Trinajstić information content (AvgIpc) is 2.81. The Balaban J connectivity index is 1.33. The Morgan fingerprint density at radius 3 is 2.58 bits per heavy atom. The number of nitrogens with one attached hydrogen (secondary N) is 2. The molecule has 2 N–H and O–H groups in total. The summed E-state index contributed by atoms with van der Waals surface area (Å²) in [5.41, 5.74) is 2.77. The van der Waals surface area contributed by atoms with Gasteiger partial charge in [0.15, 0.2) is 5.96 Å². The minimum atomic E-state index is 0.671. The van der Waals surface area contributed by atoms with Crippen molar-refractivity contribution in [3.05, 3.63) is 35.4 Å². The van der Waals surface area contributed by atoms with Gasteiger partial charge in [-0.3, -0.25) is 9.89 Å². The lowest BCUT2D eigenvalue weighted by Crippen LogP contribution is -2.38. The Kier molecular flexibility index (Phi) is 10.6. The van der Waals surface area contributed by atoms with Crippen LogP contribution in [-0.2, 0) is 22.6 Å². The maximum atomic E-state index is 5.85. The lowest BCUT2D eigenvalue weighted by atomic mass is 9.98. The van der Waals surface area contributed by atoms with Crippen molar-refractivity contribution in [1.29, 1.82) is 0 Å². The van der Waals surface area contributed by atoms with E-state index in [0.717, 1.165) is 77.2 Å². The lowest BCUT2D eigenvalue weighted by molar-refractivity contribution is 0.0203. The molecule has 0 unspecified atom stereocenters. The second-order valence-electron chi connectivity index (χ2n) is 9.06. The molecule has 0 amide bonds. The number of rotatable bonds is 10. The zero-order valence-corrected chi connectivity index (χ0v) is 19.6. The molecule has 0 spiro atoms. The van der Waals surface area contributed by atoms with Gasteiger partial charge in [0.1, 0.15) is 0 Å². The summed E-state index contributed by atoms with van der Waals surface area (Å²) in [6.07, 6.45) is 5.87. The monoisotopic (exact) mass is 430 g/mol. The highest BCUT2D eigenvalue weighted by molar-refractivity contribution is 5.79. The smallest absolute Gasteiger partial charge is 0.191 e. The number of hydrogen-bond acceptors (Lipinski definition) is 4. The van der Waals surface area contributed by atoms with Crippen LogP contribution in [0.25, 0.3) is 0 Å². The fourth-order valence-corrected chi connectivity index (χ4v) is 4.29. The van der Waals surface area contributed by atoms with Crippen molar-refractivity contribution in [1.82, 2.24) is 15.5 Å². The Labute approximate surface area is 188 Å². The first-order valence-electron chi connectivity index (χ1n) is 12.1. The fourth-order valence-electron chi connectivity index (χ4n) is 4.29. The van der Waals surface area contributed by atoms with Crippen LogP contribution < -0.4 is 10.6 Å². The first-order chi connectivity index (χ1) is 15.2. The standard InChI is InChI=1S/C25H42N4O2/c1-21-8-13-29(14-9-21)19-24-7-4-3-6-23(24)18-28-25(26-2)27-12-5-15-31-20-22-10-16-30-17-11-22/h3-4,6-7,21-22H,5,8-20H2,1-2H3,(H2,26,27,28). The number of nitrogens with zero attached hydrogens (tertiary/aromatic N) is 2. The van der Waals surface area contributed by atoms with Crippen molar-refractivity contribution in [2.75, 3.05) is 53.1 Å². The van der Waals surface area contributed by atoms with Crippen LogP contribution >= 0.6 is 0 Å². The second kappa shape index (κ2) is 13.7. The maximum absolute atomic E-state index is 5.85. The average molecular weight is 431 g/mol. The van der Waals surface area contributed by atoms with Gasteiger partial charge in [-0.25, -0.2) is 0 Å². The molecule has 1 aromatic carbocycles. The topological polar surface area (TPSA) is 58.1 Å². The molecule has 0 bridgehead atoms. The van der Waals surface area contributed by atoms with Gasteiger partial charge in [0, 0.05) is 53.1 Å². The van der Waals surface area contributed by atoms with Crippen molar-refractivity contribution in [3.8, 4) is 0 Å². The van der Waals surface area contributed by atoms with Crippen molar-refractivity contribution in [3.63, 3.8) is 0 Å². The summed E-state index contributed by atoms with van der Waals surface area (Å²) in [4.78, 5) is 6.97. The normalized spacial score (nSPS) is 19.5. The molecule has 31 heavy (non-hydrogen) atoms. The van der Waals surface area contributed by atoms with Crippen LogP contribution in [0.1, 0.15) is 50.2 Å². The molecule has 0 radical (unpaired) electrons. The van der Waals surface area contributed by atoms with Crippen molar-refractivity contribution >= 4 is 5.96 Å². The summed E-state index contributed by atoms with van der Waals surface area (Å²) < 4.78 is 11.3. The van der Waals surface area contributed by atoms with Crippen molar-refractivity contribution < 1.29 is 9.47 Å². The van der Waals surface area contributed by atoms with Crippen molar-refractivity contribution in [2.24, 2.45) is 16.8 Å². The summed E-state index contributed by atoms with van der Waals surface area (Å²) in [6.45, 7) is 10.9. The minimum Gasteiger partial charge on any atom is -0.381 e. The second-order valence-corrected chi connectivity index (χ2v) is 9.06. The molecule has 6 heteroatoms. The fraction of sp³-hybridized carbons (Fsp3) is 0.720. The lowest BCUT2D eigenvalue weighted by Gasteiger charge is -2.30. The predicted octanol–water partition coefficient (Wildman–Crippen LogP) is 3.42. The highest BCUT2D eigenvalue weighted by atomic mass is 16.5. The summed E-state index contributed by atoms with van der Waals surface area (Å²) in [7, 11) is 1.83. The van der Waals surface area contributed by atoms with E-state index in [1.807, 2.05) is 7.05 Å². The van der Waals surface area contributed by atoms with E-state index < -0.39 is 0 Å². The highest BCUT2D eigenvalue weighted by Crippen LogP contribution is 2.19. The van der Waals surface area contributed by atoms with E-state index in [1.54, 1.807) is 0 Å². The third-order valence-electron chi connectivity index (χ3n) is 6.51. The molecule has 6 nitrogen and oxygen atoms in total. The van der Waals surface area contributed by atoms with Crippen LogP contribution in [0, 0.1) is 11.8 Å². The Morgan fingerprint density at radius 2 is 1.84 bits per heavy atom. The van der Waals surface area contributed by atoms with Crippen LogP contribution in [0.2, 0.25) is 0 Å². The van der Waals surface area contributed by atoms with E-state index in [4.69, 9.17) is 9.47 Å². The van der Waals surface area contributed by atoms with Crippen LogP contribution in [-0.4, -0.2) is 64.0 Å². The molecular weight excluding hydrogens is 388 g/mol. The van der Waals surface area contributed by atoms with Gasteiger partial charge < -0.3 is 20.1 Å². The van der Waals surface area contributed by atoms with E-state index >= 15 is 0 Å². The molecule has 0 aliphatic carbocycles. The molecular formula is C25H42N4O2. The van der Waals surface area contributed by atoms with E-state index in [0.29, 0.717) is 5.92 Å². The van der Waals surface area contributed by atoms with E-state index in [1.165, 1.54) is 37.1 Å². The van der Waals surface area contributed by atoms with Gasteiger partial charge in [0.2, 0.25) is 0 Å². The van der Waals surface area contributed by atoms with Crippen LogP contribution in [0.4, 0.5) is 0 Å². The number of guanidine groups is 1. The molecule has 2 heterocycles. The summed E-state index contributed by atoms with van der Waals surface area (Å²) in [5, 5.41) is 6.89. The highest BCUT2D eigenvalue weighted by Gasteiger charge is 2.17. The minimum absolute atomic E-state index is 0.671. The quantitative estimate of drug-likeness (QED) is 0.338. The molecule has 2 aliphatic heterocycles. The number of ether oxygens (including phenoxy) is 2. The number of benzene rings is 1. The largest absolute Gasteiger partial charge is 0.381 e. The zero-order chi connectivity index (χ0) is 21.7. The SMILES string of the molecule is CN=C(NCCCOCC1CCOCC1)NCc1ccccc1CN1CCC(C)CC1. The summed E-state index contributed by atoms with van der Waals surface area (Å²) in [6, 6.07) is 8.77. The van der Waals surface area contributed by atoms with Crippen molar-refractivity contribution in [2.45, 2.75) is 52.1 Å². The van der Waals surface area contributed by atoms with Crippen LogP contribution in [0.5, 0.6) is 0 Å². The molecule has 0 atom stereocenters. The Morgan fingerprint density at radius 1 is 1.10 bits per heavy atom. The molecule has 0 saturated carbocycles. The first-order valence-corrected chi connectivity index (χ1v) is 12.1. The zero-order valence-electron chi connectivity index (χ0n) is 19.6. The summed E-state index contributed by atoms with van der Waals surface area (Å²) >= 11 is 0. The van der Waals surface area contributed by atoms with Gasteiger partial charge in [-0.05, 0) is 68.2 Å². The van der Waals surface area contributed by atoms with Crippen LogP contribution in [0.15, 0.2) is 29.3 Å². The third-order valence-corrected chi connectivity index (χ3v) is 6.51. The van der Waals surface area contributed by atoms with E-state index in [-0.39, 0.29) is 0 Å².